The zero-order valence-corrected chi connectivity index (χ0v) is 14.5. The molecule has 0 atom stereocenters. The van der Waals surface area contributed by atoms with Crippen LogP contribution in [0.2, 0.25) is 0 Å². The van der Waals surface area contributed by atoms with E-state index in [0.717, 1.165) is 19.3 Å². The number of ether oxygens (including phenoxy) is 1. The maximum absolute atomic E-state index is 11.2. The van der Waals surface area contributed by atoms with Crippen LogP contribution in [0.3, 0.4) is 0 Å². The molecular formula is C19H37O2. The molecule has 0 aromatic rings. The molecule has 0 rings (SSSR count). The zero-order chi connectivity index (χ0) is 15.6. The molecular weight excluding hydrogens is 260 g/mol. The highest BCUT2D eigenvalue weighted by molar-refractivity contribution is 5.69. The van der Waals surface area contributed by atoms with Crippen LogP contribution in [0.4, 0.5) is 0 Å². The van der Waals surface area contributed by atoms with E-state index in [0.29, 0.717) is 6.42 Å². The number of unbranched alkanes of at least 4 members (excludes halogenated alkanes) is 12. The summed E-state index contributed by atoms with van der Waals surface area (Å²) in [6.07, 6.45) is 18.7. The number of carbonyl (C=O) groups excluding carboxylic acids is 1. The molecule has 0 unspecified atom stereocenters. The Bertz CT molecular complexity index is 214. The van der Waals surface area contributed by atoms with Gasteiger partial charge in [-0.1, -0.05) is 90.9 Å². The van der Waals surface area contributed by atoms with Crippen LogP contribution in [0.15, 0.2) is 0 Å². The Kier molecular flexibility index (Phi) is 17.1. The third kappa shape index (κ3) is 17.4. The number of carbonyl (C=O) groups is 1. The summed E-state index contributed by atoms with van der Waals surface area (Å²) in [6.45, 7) is 5.83. The van der Waals surface area contributed by atoms with E-state index in [9.17, 15) is 4.79 Å². The van der Waals surface area contributed by atoms with E-state index in [4.69, 9.17) is 4.74 Å². The molecule has 0 aliphatic rings. The lowest BCUT2D eigenvalue weighted by atomic mass is 10.0. The van der Waals surface area contributed by atoms with E-state index in [1.807, 2.05) is 6.92 Å². The monoisotopic (exact) mass is 297 g/mol. The normalized spacial score (nSPS) is 10.8. The molecule has 0 bridgehead atoms. The first-order valence-electron chi connectivity index (χ1n) is 9.32. The van der Waals surface area contributed by atoms with Gasteiger partial charge in [0.25, 0.3) is 0 Å². The molecule has 0 saturated carbocycles. The van der Waals surface area contributed by atoms with Crippen LogP contribution in [0.25, 0.3) is 0 Å². The molecule has 0 spiro atoms. The second-order valence-corrected chi connectivity index (χ2v) is 6.06. The fourth-order valence-corrected chi connectivity index (χ4v) is 2.52. The highest BCUT2D eigenvalue weighted by Crippen LogP contribution is 2.13. The average Bonchev–Trinajstić information content (AvgIpc) is 2.49. The number of hydrogen-bond donors (Lipinski definition) is 0. The van der Waals surface area contributed by atoms with Crippen LogP contribution >= 0.6 is 0 Å². The quantitative estimate of drug-likeness (QED) is 0.237. The van der Waals surface area contributed by atoms with Crippen molar-refractivity contribution in [1.29, 1.82) is 0 Å². The lowest BCUT2D eigenvalue weighted by molar-refractivity contribution is -0.140. The van der Waals surface area contributed by atoms with Gasteiger partial charge in [0.2, 0.25) is 0 Å². The molecule has 0 aliphatic heterocycles. The van der Waals surface area contributed by atoms with Gasteiger partial charge in [-0.05, 0) is 12.8 Å². The minimum absolute atomic E-state index is 0.0695. The minimum Gasteiger partial charge on any atom is -0.458 e. The van der Waals surface area contributed by atoms with Gasteiger partial charge in [-0.15, -0.1) is 0 Å². The van der Waals surface area contributed by atoms with Crippen molar-refractivity contribution < 1.29 is 9.53 Å². The van der Waals surface area contributed by atoms with Crippen molar-refractivity contribution in [2.75, 3.05) is 0 Å². The Hall–Kier alpha value is -0.530. The summed E-state index contributed by atoms with van der Waals surface area (Å²) >= 11 is 0. The van der Waals surface area contributed by atoms with Crippen molar-refractivity contribution in [3.8, 4) is 0 Å². The largest absolute Gasteiger partial charge is 0.458 e. The molecule has 0 aromatic heterocycles. The Labute approximate surface area is 133 Å². The van der Waals surface area contributed by atoms with Gasteiger partial charge in [-0.25, -0.2) is 0 Å². The molecule has 0 fully saturated rings. The first-order chi connectivity index (χ1) is 10.3. The molecule has 0 aromatic carbocycles. The maximum atomic E-state index is 11.2. The summed E-state index contributed by atoms with van der Waals surface area (Å²) in [6, 6.07) is 0. The van der Waals surface area contributed by atoms with Crippen molar-refractivity contribution in [3.05, 3.63) is 6.61 Å². The maximum Gasteiger partial charge on any atom is 0.306 e. The number of esters is 1. The van der Waals surface area contributed by atoms with Gasteiger partial charge in [0.05, 0.1) is 0 Å². The molecule has 125 valence electrons. The number of rotatable bonds is 16. The average molecular weight is 298 g/mol. The molecule has 0 heterocycles. The van der Waals surface area contributed by atoms with Crippen molar-refractivity contribution in [2.45, 2.75) is 110 Å². The second-order valence-electron chi connectivity index (χ2n) is 6.06. The van der Waals surface area contributed by atoms with Crippen LogP contribution in [0.5, 0.6) is 0 Å². The summed E-state index contributed by atoms with van der Waals surface area (Å²) in [5, 5.41) is 0. The van der Waals surface area contributed by atoms with Crippen LogP contribution in [-0.4, -0.2) is 5.97 Å². The molecule has 2 nitrogen and oxygen atoms in total. The van der Waals surface area contributed by atoms with Crippen LogP contribution in [-0.2, 0) is 9.53 Å². The van der Waals surface area contributed by atoms with Crippen molar-refractivity contribution in [3.63, 3.8) is 0 Å². The van der Waals surface area contributed by atoms with Gasteiger partial charge in [0.15, 0.2) is 0 Å². The first-order valence-corrected chi connectivity index (χ1v) is 9.32. The third-order valence-electron chi connectivity index (χ3n) is 3.87. The van der Waals surface area contributed by atoms with Gasteiger partial charge in [0.1, 0.15) is 6.61 Å². The third-order valence-corrected chi connectivity index (χ3v) is 3.87. The highest BCUT2D eigenvalue weighted by Gasteiger charge is 2.01. The smallest absolute Gasteiger partial charge is 0.306 e. The fourth-order valence-electron chi connectivity index (χ4n) is 2.52. The number of hydrogen-bond acceptors (Lipinski definition) is 2. The van der Waals surface area contributed by atoms with Crippen LogP contribution < -0.4 is 0 Å². The van der Waals surface area contributed by atoms with E-state index in [2.05, 4.69) is 6.92 Å². The highest BCUT2D eigenvalue weighted by atomic mass is 16.5. The second kappa shape index (κ2) is 17.5. The van der Waals surface area contributed by atoms with E-state index < -0.39 is 0 Å². The van der Waals surface area contributed by atoms with E-state index in [-0.39, 0.29) is 5.97 Å². The van der Waals surface area contributed by atoms with E-state index in [1.54, 1.807) is 6.61 Å². The van der Waals surface area contributed by atoms with Gasteiger partial charge >= 0.3 is 5.97 Å². The Morgan fingerprint density at radius 1 is 0.714 bits per heavy atom. The fraction of sp³-hybridized carbons (Fsp3) is 0.895. The van der Waals surface area contributed by atoms with Crippen LogP contribution in [0, 0.1) is 6.61 Å². The Morgan fingerprint density at radius 2 is 1.14 bits per heavy atom. The molecule has 0 amide bonds. The van der Waals surface area contributed by atoms with E-state index >= 15 is 0 Å². The lowest BCUT2D eigenvalue weighted by Gasteiger charge is -2.03. The van der Waals surface area contributed by atoms with Crippen molar-refractivity contribution in [1.82, 2.24) is 0 Å². The minimum atomic E-state index is -0.0695. The predicted molar refractivity (Wildman–Crippen MR) is 91.0 cm³/mol. The summed E-state index contributed by atoms with van der Waals surface area (Å²) in [4.78, 5) is 11.2. The SMILES string of the molecule is CC[CH]OC(=O)CCCCCCCCCCCCCCC. The van der Waals surface area contributed by atoms with Gasteiger partial charge in [-0.2, -0.15) is 0 Å². The van der Waals surface area contributed by atoms with Gasteiger partial charge in [0, 0.05) is 6.42 Å². The molecule has 1 radical (unpaired) electrons. The van der Waals surface area contributed by atoms with Gasteiger partial charge in [-0.3, -0.25) is 4.79 Å². The standard InChI is InChI=1S/C19H37O2/c1-3-5-6-7-8-9-10-11-12-13-14-15-16-17-19(20)21-18-4-2/h18H,3-17H2,1-2H3. The summed E-state index contributed by atoms with van der Waals surface area (Å²) < 4.78 is 4.93. The van der Waals surface area contributed by atoms with Crippen molar-refractivity contribution >= 4 is 5.97 Å². The molecule has 0 N–H and O–H groups in total. The lowest BCUT2D eigenvalue weighted by Crippen LogP contribution is -2.01. The molecule has 21 heavy (non-hydrogen) atoms. The summed E-state index contributed by atoms with van der Waals surface area (Å²) in [5.74, 6) is -0.0695. The Balaban J connectivity index is 3.04. The summed E-state index contributed by atoms with van der Waals surface area (Å²) in [5.41, 5.74) is 0. The molecule has 2 heteroatoms. The van der Waals surface area contributed by atoms with Crippen molar-refractivity contribution in [2.24, 2.45) is 0 Å². The summed E-state index contributed by atoms with van der Waals surface area (Å²) in [7, 11) is 0. The topological polar surface area (TPSA) is 26.3 Å². The zero-order valence-electron chi connectivity index (χ0n) is 14.5. The Morgan fingerprint density at radius 3 is 1.57 bits per heavy atom. The van der Waals surface area contributed by atoms with Crippen LogP contribution in [0.1, 0.15) is 110 Å². The molecule has 0 aliphatic carbocycles. The first kappa shape index (κ1) is 20.5. The molecule has 0 saturated heterocycles. The predicted octanol–water partition coefficient (Wildman–Crippen LogP) is 6.58. The van der Waals surface area contributed by atoms with Gasteiger partial charge < -0.3 is 4.74 Å². The van der Waals surface area contributed by atoms with E-state index in [1.165, 1.54) is 70.6 Å².